The van der Waals surface area contributed by atoms with E-state index in [0.29, 0.717) is 24.1 Å². The first-order chi connectivity index (χ1) is 16.0. The van der Waals surface area contributed by atoms with Crippen molar-refractivity contribution in [2.75, 3.05) is 18.9 Å². The number of alkyl carbamates (subject to hydrolysis) is 1. The van der Waals surface area contributed by atoms with Crippen LogP contribution in [0.3, 0.4) is 0 Å². The van der Waals surface area contributed by atoms with Gasteiger partial charge in [0.2, 0.25) is 0 Å². The normalized spacial score (nSPS) is 12.4. The Morgan fingerprint density at radius 3 is 2.39 bits per heavy atom. The van der Waals surface area contributed by atoms with Crippen LogP contribution in [0.15, 0.2) is 66.7 Å². The molecule has 7 heteroatoms. The van der Waals surface area contributed by atoms with Crippen LogP contribution in [0.1, 0.15) is 34.6 Å². The van der Waals surface area contributed by atoms with E-state index in [0.717, 1.165) is 0 Å². The van der Waals surface area contributed by atoms with E-state index in [9.17, 15) is 14.9 Å². The van der Waals surface area contributed by atoms with Crippen LogP contribution in [-0.2, 0) is 4.74 Å². The summed E-state index contributed by atoms with van der Waals surface area (Å²) in [4.78, 5) is 22.8. The summed E-state index contributed by atoms with van der Waals surface area (Å²) in [5, 5.41) is 13.9. The number of anilines is 1. The van der Waals surface area contributed by atoms with Crippen LogP contribution < -0.4 is 11.1 Å². The molecule has 0 saturated carbocycles. The van der Waals surface area contributed by atoms with Gasteiger partial charge in [-0.25, -0.2) is 4.79 Å². The van der Waals surface area contributed by atoms with Gasteiger partial charge in [-0.15, -0.1) is 0 Å². The SMILES string of the molecule is Cc1cc(C=CCCNC(=O)OCC2c3ccccc3-c3ccccc32)cc([N+](=O)[O-])c1N. The first kappa shape index (κ1) is 22.1. The lowest BCUT2D eigenvalue weighted by Crippen LogP contribution is -2.26. The van der Waals surface area contributed by atoms with Crippen molar-refractivity contribution in [3.8, 4) is 11.1 Å². The van der Waals surface area contributed by atoms with Gasteiger partial charge in [0, 0.05) is 18.5 Å². The molecule has 1 aliphatic rings. The molecule has 3 aromatic carbocycles. The fraction of sp³-hybridized carbons (Fsp3) is 0.192. The average molecular weight is 444 g/mol. The minimum atomic E-state index is -0.488. The Hall–Kier alpha value is -4.13. The molecule has 7 nitrogen and oxygen atoms in total. The van der Waals surface area contributed by atoms with Crippen LogP contribution in [0.25, 0.3) is 17.2 Å². The molecular weight excluding hydrogens is 418 g/mol. The maximum absolute atomic E-state index is 12.2. The number of nitro groups is 1. The van der Waals surface area contributed by atoms with E-state index in [1.807, 2.05) is 30.3 Å². The molecule has 0 spiro atoms. The number of benzene rings is 3. The molecule has 3 N–H and O–H groups in total. The standard InChI is InChI=1S/C26H25N3O4/c1-17-14-18(15-24(25(17)27)29(31)32)8-6-7-13-28-26(30)33-16-23-21-11-4-2-9-19(21)20-10-3-5-12-22(20)23/h2-6,8-12,14-15,23H,7,13,16,27H2,1H3,(H,28,30). The van der Waals surface area contributed by atoms with Gasteiger partial charge < -0.3 is 15.8 Å². The lowest BCUT2D eigenvalue weighted by molar-refractivity contribution is -0.383. The van der Waals surface area contributed by atoms with Crippen molar-refractivity contribution in [2.24, 2.45) is 0 Å². The number of nitrogens with one attached hydrogen (secondary N) is 1. The zero-order valence-electron chi connectivity index (χ0n) is 18.3. The Morgan fingerprint density at radius 1 is 1.12 bits per heavy atom. The van der Waals surface area contributed by atoms with Crippen molar-refractivity contribution in [2.45, 2.75) is 19.3 Å². The van der Waals surface area contributed by atoms with E-state index in [1.54, 1.807) is 19.1 Å². The smallest absolute Gasteiger partial charge is 0.407 e. The molecule has 168 valence electrons. The van der Waals surface area contributed by atoms with Gasteiger partial charge in [0.25, 0.3) is 5.69 Å². The quantitative estimate of drug-likeness (QED) is 0.219. The molecule has 0 radical (unpaired) electrons. The molecule has 0 saturated heterocycles. The van der Waals surface area contributed by atoms with Crippen LogP contribution in [-0.4, -0.2) is 24.2 Å². The second-order valence-electron chi connectivity index (χ2n) is 7.97. The molecule has 0 bridgehead atoms. The predicted octanol–water partition coefficient (Wildman–Crippen LogP) is 5.43. The Morgan fingerprint density at radius 2 is 1.76 bits per heavy atom. The van der Waals surface area contributed by atoms with Crippen molar-refractivity contribution in [1.82, 2.24) is 5.32 Å². The van der Waals surface area contributed by atoms with Gasteiger partial charge in [-0.1, -0.05) is 60.7 Å². The lowest BCUT2D eigenvalue weighted by Gasteiger charge is -2.14. The van der Waals surface area contributed by atoms with Crippen LogP contribution in [0.4, 0.5) is 16.2 Å². The summed E-state index contributed by atoms with van der Waals surface area (Å²) in [5.74, 6) is 0.0209. The number of aryl methyl sites for hydroxylation is 1. The van der Waals surface area contributed by atoms with Gasteiger partial charge in [0.1, 0.15) is 12.3 Å². The lowest BCUT2D eigenvalue weighted by atomic mass is 9.98. The third-order valence-electron chi connectivity index (χ3n) is 5.82. The highest BCUT2D eigenvalue weighted by atomic mass is 16.6. The Labute approximate surface area is 192 Å². The summed E-state index contributed by atoms with van der Waals surface area (Å²) in [6, 6.07) is 19.6. The summed E-state index contributed by atoms with van der Waals surface area (Å²) in [6.45, 7) is 2.39. The Bertz CT molecular complexity index is 1190. The van der Waals surface area contributed by atoms with Crippen molar-refractivity contribution in [3.63, 3.8) is 0 Å². The predicted molar refractivity (Wildman–Crippen MR) is 129 cm³/mol. The third-order valence-corrected chi connectivity index (χ3v) is 5.82. The number of ether oxygens (including phenoxy) is 1. The molecule has 1 amide bonds. The van der Waals surface area contributed by atoms with Crippen LogP contribution in [0.2, 0.25) is 0 Å². The summed E-state index contributed by atoms with van der Waals surface area (Å²) in [6.07, 6.45) is 3.71. The van der Waals surface area contributed by atoms with Gasteiger partial charge in [0.15, 0.2) is 0 Å². The number of hydrogen-bond donors (Lipinski definition) is 2. The van der Waals surface area contributed by atoms with Crippen molar-refractivity contribution >= 4 is 23.5 Å². The molecule has 3 aromatic rings. The number of rotatable bonds is 7. The molecular formula is C26H25N3O4. The van der Waals surface area contributed by atoms with E-state index in [-0.39, 0.29) is 23.9 Å². The maximum atomic E-state index is 12.2. The minimum Gasteiger partial charge on any atom is -0.449 e. The highest BCUT2D eigenvalue weighted by Crippen LogP contribution is 2.44. The highest BCUT2D eigenvalue weighted by molar-refractivity contribution is 5.79. The number of fused-ring (bicyclic) bond motifs is 3. The van der Waals surface area contributed by atoms with E-state index in [1.165, 1.54) is 28.3 Å². The minimum absolute atomic E-state index is 0.0209. The number of nitro benzene ring substituents is 1. The number of nitrogens with two attached hydrogens (primary N) is 1. The van der Waals surface area contributed by atoms with Gasteiger partial charge >= 0.3 is 6.09 Å². The monoisotopic (exact) mass is 443 g/mol. The Balaban J connectivity index is 1.29. The molecule has 0 aliphatic heterocycles. The topological polar surface area (TPSA) is 107 Å². The number of amides is 1. The van der Waals surface area contributed by atoms with Gasteiger partial charge in [-0.2, -0.15) is 0 Å². The largest absolute Gasteiger partial charge is 0.449 e. The molecule has 0 fully saturated rings. The molecule has 4 rings (SSSR count). The van der Waals surface area contributed by atoms with Crippen molar-refractivity contribution in [3.05, 3.63) is 99.1 Å². The summed E-state index contributed by atoms with van der Waals surface area (Å²) >= 11 is 0. The summed E-state index contributed by atoms with van der Waals surface area (Å²) in [5.41, 5.74) is 11.9. The molecule has 0 atom stereocenters. The van der Waals surface area contributed by atoms with Crippen molar-refractivity contribution in [1.29, 1.82) is 0 Å². The number of nitrogens with zero attached hydrogens (tertiary/aromatic N) is 1. The summed E-state index contributed by atoms with van der Waals surface area (Å²) < 4.78 is 5.51. The van der Waals surface area contributed by atoms with Gasteiger partial charge in [0.05, 0.1) is 4.92 Å². The third kappa shape index (κ3) is 4.72. The van der Waals surface area contributed by atoms with E-state index < -0.39 is 11.0 Å². The molecule has 33 heavy (non-hydrogen) atoms. The zero-order chi connectivity index (χ0) is 23.4. The second kappa shape index (κ2) is 9.56. The molecule has 0 aromatic heterocycles. The van der Waals surface area contributed by atoms with E-state index in [4.69, 9.17) is 10.5 Å². The number of carbonyl (C=O) groups excluding carboxylic acids is 1. The number of hydrogen-bond acceptors (Lipinski definition) is 5. The van der Waals surface area contributed by atoms with Gasteiger partial charge in [-0.3, -0.25) is 10.1 Å². The van der Waals surface area contributed by atoms with Crippen LogP contribution in [0, 0.1) is 17.0 Å². The van der Waals surface area contributed by atoms with Crippen molar-refractivity contribution < 1.29 is 14.5 Å². The number of nitrogen functional groups attached to an aromatic ring is 1. The van der Waals surface area contributed by atoms with E-state index >= 15 is 0 Å². The fourth-order valence-electron chi connectivity index (χ4n) is 4.18. The maximum Gasteiger partial charge on any atom is 0.407 e. The zero-order valence-corrected chi connectivity index (χ0v) is 18.3. The van der Waals surface area contributed by atoms with Crippen LogP contribution in [0.5, 0.6) is 0 Å². The first-order valence-corrected chi connectivity index (χ1v) is 10.8. The van der Waals surface area contributed by atoms with Gasteiger partial charge in [-0.05, 0) is 52.8 Å². The average Bonchev–Trinajstić information content (AvgIpc) is 3.13. The molecule has 0 unspecified atom stereocenters. The Kier molecular flexibility index (Phi) is 6.40. The molecule has 1 aliphatic carbocycles. The molecule has 0 heterocycles. The fourth-order valence-corrected chi connectivity index (χ4v) is 4.18. The first-order valence-electron chi connectivity index (χ1n) is 10.8. The highest BCUT2D eigenvalue weighted by Gasteiger charge is 2.28. The number of carbonyl (C=O) groups is 1. The van der Waals surface area contributed by atoms with E-state index in [2.05, 4.69) is 29.6 Å². The second-order valence-corrected chi connectivity index (χ2v) is 7.97. The van der Waals surface area contributed by atoms with Crippen LogP contribution >= 0.6 is 0 Å². The summed E-state index contributed by atoms with van der Waals surface area (Å²) in [7, 11) is 0.